The van der Waals surface area contributed by atoms with E-state index in [1.165, 1.54) is 45.6 Å². The van der Waals surface area contributed by atoms with Crippen LogP contribution >= 0.6 is 8.60 Å². The van der Waals surface area contributed by atoms with Gasteiger partial charge < -0.3 is 24.4 Å². The Morgan fingerprint density at radius 2 is 1.65 bits per heavy atom. The molecule has 0 saturated heterocycles. The molecule has 31 heavy (non-hydrogen) atoms. The van der Waals surface area contributed by atoms with E-state index in [0.29, 0.717) is 11.5 Å². The molecule has 0 spiro atoms. The van der Waals surface area contributed by atoms with Crippen molar-refractivity contribution < 1.29 is 23.8 Å². The van der Waals surface area contributed by atoms with Gasteiger partial charge in [0.2, 0.25) is 0 Å². The Morgan fingerprint density at radius 3 is 2.29 bits per heavy atom. The minimum Gasteiger partial charge on any atom is -0.427 e. The first kappa shape index (κ1) is 26.9. The molecule has 2 aromatic rings. The van der Waals surface area contributed by atoms with E-state index < -0.39 is 14.7 Å². The summed E-state index contributed by atoms with van der Waals surface area (Å²) in [6.45, 7) is 4.17. The highest BCUT2D eigenvalue weighted by Gasteiger charge is 2.07. The van der Waals surface area contributed by atoms with Crippen LogP contribution in [-0.4, -0.2) is 22.9 Å². The Bertz CT molecular complexity index is 754. The molecule has 0 bridgehead atoms. The van der Waals surface area contributed by atoms with Crippen LogP contribution in [0.3, 0.4) is 0 Å². The quantitative estimate of drug-likeness (QED) is 0.277. The molecule has 0 saturated carbocycles. The molecule has 7 heteroatoms. The second-order valence-corrected chi connectivity index (χ2v) is 7.97. The summed E-state index contributed by atoms with van der Waals surface area (Å²) in [7, 11) is -0.796. The number of ether oxygens (including phenoxy) is 1. The molecule has 0 aromatic heterocycles. The van der Waals surface area contributed by atoms with Gasteiger partial charge in [-0.2, -0.15) is 0 Å². The number of carbonyl (C=O) groups excluding carboxylic acids is 1. The van der Waals surface area contributed by atoms with Crippen molar-refractivity contribution in [3.63, 3.8) is 0 Å². The summed E-state index contributed by atoms with van der Waals surface area (Å²) >= 11 is 0. The van der Waals surface area contributed by atoms with E-state index in [4.69, 9.17) is 19.0 Å². The minimum absolute atomic E-state index is 0.444. The predicted molar refractivity (Wildman–Crippen MR) is 126 cm³/mol. The largest absolute Gasteiger partial charge is 0.427 e. The van der Waals surface area contributed by atoms with E-state index in [-0.39, 0.29) is 0 Å². The number of benzene rings is 2. The number of aryl methyl sites for hydroxylation is 2. The number of carbonyl (C=O) groups is 1. The standard InChI is InChI=1S/C15H25O3P.C9H11NO2/c1-2-3-4-5-6-7-8-11-14-12-9-10-13-15(14)18-19(16)17;1-7-4-3-5-8(6-7)12-9(11)10-2/h9-10,12-13,16-17H,2-8,11H2,1H3;3-6H,1-2H3,(H,10,11). The summed E-state index contributed by atoms with van der Waals surface area (Å²) in [6, 6.07) is 14.9. The van der Waals surface area contributed by atoms with E-state index in [2.05, 4.69) is 12.2 Å². The fourth-order valence-corrected chi connectivity index (χ4v) is 3.35. The van der Waals surface area contributed by atoms with Crippen LogP contribution in [0, 0.1) is 6.92 Å². The molecule has 172 valence electrons. The summed E-state index contributed by atoms with van der Waals surface area (Å²) < 4.78 is 9.93. The zero-order valence-corrected chi connectivity index (χ0v) is 19.7. The van der Waals surface area contributed by atoms with Gasteiger partial charge in [0.15, 0.2) is 0 Å². The molecular weight excluding hydrogens is 413 g/mol. The van der Waals surface area contributed by atoms with Crippen molar-refractivity contribution in [2.75, 3.05) is 7.05 Å². The van der Waals surface area contributed by atoms with E-state index in [0.717, 1.165) is 24.0 Å². The van der Waals surface area contributed by atoms with Crippen LogP contribution < -0.4 is 14.6 Å². The van der Waals surface area contributed by atoms with Crippen molar-refractivity contribution >= 4 is 14.7 Å². The molecule has 2 rings (SSSR count). The van der Waals surface area contributed by atoms with Crippen molar-refractivity contribution in [2.45, 2.75) is 65.2 Å². The van der Waals surface area contributed by atoms with E-state index in [9.17, 15) is 4.79 Å². The molecular formula is C24H36NO5P. The normalized spacial score (nSPS) is 10.3. The van der Waals surface area contributed by atoms with Crippen molar-refractivity contribution in [2.24, 2.45) is 0 Å². The maximum atomic E-state index is 10.8. The summed E-state index contributed by atoms with van der Waals surface area (Å²) in [5, 5.41) is 2.37. The number of amides is 1. The molecule has 1 amide bonds. The third-order valence-electron chi connectivity index (χ3n) is 4.61. The molecule has 0 atom stereocenters. The molecule has 0 aliphatic rings. The topological polar surface area (TPSA) is 88.0 Å². The van der Waals surface area contributed by atoms with Gasteiger partial charge in [0.25, 0.3) is 0 Å². The Labute approximate surface area is 187 Å². The van der Waals surface area contributed by atoms with Gasteiger partial charge in [-0.1, -0.05) is 75.8 Å². The molecule has 0 fully saturated rings. The Hall–Kier alpha value is -2.14. The van der Waals surface area contributed by atoms with Crippen LogP contribution in [0.15, 0.2) is 48.5 Å². The lowest BCUT2D eigenvalue weighted by atomic mass is 10.0. The maximum absolute atomic E-state index is 10.8. The van der Waals surface area contributed by atoms with Crippen molar-refractivity contribution in [1.29, 1.82) is 0 Å². The molecule has 0 radical (unpaired) electrons. The van der Waals surface area contributed by atoms with Gasteiger partial charge in [-0.05, 0) is 49.1 Å². The Balaban J connectivity index is 0.000000343. The highest BCUT2D eigenvalue weighted by Crippen LogP contribution is 2.32. The average molecular weight is 450 g/mol. The highest BCUT2D eigenvalue weighted by molar-refractivity contribution is 7.39. The van der Waals surface area contributed by atoms with E-state index in [1.54, 1.807) is 18.2 Å². The Kier molecular flexibility index (Phi) is 14.3. The zero-order valence-electron chi connectivity index (χ0n) is 18.8. The van der Waals surface area contributed by atoms with E-state index in [1.807, 2.05) is 37.3 Å². The average Bonchev–Trinajstić information content (AvgIpc) is 2.74. The lowest BCUT2D eigenvalue weighted by Crippen LogP contribution is -2.21. The minimum atomic E-state index is -2.32. The number of rotatable bonds is 11. The second kappa shape index (κ2) is 16.5. The first-order chi connectivity index (χ1) is 15.0. The third-order valence-corrected chi connectivity index (χ3v) is 4.97. The van der Waals surface area contributed by atoms with Crippen LogP contribution in [0.25, 0.3) is 0 Å². The van der Waals surface area contributed by atoms with Crippen LogP contribution in [-0.2, 0) is 6.42 Å². The molecule has 0 unspecified atom stereocenters. The molecule has 6 nitrogen and oxygen atoms in total. The summed E-state index contributed by atoms with van der Waals surface area (Å²) in [5.74, 6) is 1.17. The number of para-hydroxylation sites is 1. The number of hydrogen-bond acceptors (Lipinski definition) is 5. The first-order valence-corrected chi connectivity index (χ1v) is 12.0. The molecule has 0 aliphatic heterocycles. The highest BCUT2D eigenvalue weighted by atomic mass is 31.2. The van der Waals surface area contributed by atoms with Crippen LogP contribution in [0.1, 0.15) is 63.0 Å². The van der Waals surface area contributed by atoms with Gasteiger partial charge in [-0.3, -0.25) is 0 Å². The van der Waals surface area contributed by atoms with Gasteiger partial charge in [-0.15, -0.1) is 0 Å². The van der Waals surface area contributed by atoms with Crippen LogP contribution in [0.5, 0.6) is 11.5 Å². The molecule has 2 aromatic carbocycles. The summed E-state index contributed by atoms with van der Waals surface area (Å²) in [6.07, 6.45) is 9.43. The fraction of sp³-hybridized carbons (Fsp3) is 0.458. The maximum Gasteiger partial charge on any atom is 0.412 e. The number of nitrogens with one attached hydrogen (secondary N) is 1. The van der Waals surface area contributed by atoms with Crippen LogP contribution in [0.4, 0.5) is 4.79 Å². The zero-order chi connectivity index (χ0) is 22.9. The van der Waals surface area contributed by atoms with Crippen molar-refractivity contribution in [3.8, 4) is 11.5 Å². The molecule has 0 heterocycles. The van der Waals surface area contributed by atoms with E-state index >= 15 is 0 Å². The van der Waals surface area contributed by atoms with Gasteiger partial charge in [0, 0.05) is 7.05 Å². The monoisotopic (exact) mass is 449 g/mol. The Morgan fingerprint density at radius 1 is 0.968 bits per heavy atom. The smallest absolute Gasteiger partial charge is 0.412 e. The van der Waals surface area contributed by atoms with Gasteiger partial charge in [0.1, 0.15) is 11.5 Å². The van der Waals surface area contributed by atoms with Crippen molar-refractivity contribution in [1.82, 2.24) is 5.32 Å². The molecule has 0 aliphatic carbocycles. The van der Waals surface area contributed by atoms with Gasteiger partial charge >= 0.3 is 14.7 Å². The van der Waals surface area contributed by atoms with Crippen LogP contribution in [0.2, 0.25) is 0 Å². The number of hydrogen-bond donors (Lipinski definition) is 3. The summed E-state index contributed by atoms with van der Waals surface area (Å²) in [5.41, 5.74) is 2.13. The molecule has 3 N–H and O–H groups in total. The van der Waals surface area contributed by atoms with Gasteiger partial charge in [-0.25, -0.2) is 4.79 Å². The summed E-state index contributed by atoms with van der Waals surface area (Å²) in [4.78, 5) is 28.6. The third kappa shape index (κ3) is 13.0. The number of unbranched alkanes of at least 4 members (excludes halogenated alkanes) is 6. The van der Waals surface area contributed by atoms with Gasteiger partial charge in [0.05, 0.1) is 0 Å². The SMILES string of the molecule is CCCCCCCCCc1ccccc1OP(O)O.CNC(=O)Oc1cccc(C)c1. The lowest BCUT2D eigenvalue weighted by Gasteiger charge is -2.10. The fourth-order valence-electron chi connectivity index (χ4n) is 3.00. The van der Waals surface area contributed by atoms with Crippen molar-refractivity contribution in [3.05, 3.63) is 59.7 Å². The lowest BCUT2D eigenvalue weighted by molar-refractivity contribution is 0.203. The predicted octanol–water partition coefficient (Wildman–Crippen LogP) is 6.28. The second-order valence-electron chi connectivity index (χ2n) is 7.28. The first-order valence-electron chi connectivity index (χ1n) is 10.9.